The fraction of sp³-hybridized carbons (Fsp3) is 0.125. The molecule has 3 N–H and O–H groups in total. The zero-order chi connectivity index (χ0) is 21.5. The van der Waals surface area contributed by atoms with Crippen LogP contribution in [0.1, 0.15) is 35.8 Å². The van der Waals surface area contributed by atoms with Gasteiger partial charge in [-0.2, -0.15) is 5.10 Å². The van der Waals surface area contributed by atoms with Crippen molar-refractivity contribution in [3.05, 3.63) is 78.1 Å². The van der Waals surface area contributed by atoms with Crippen molar-refractivity contribution in [1.29, 1.82) is 0 Å². The molecule has 0 bridgehead atoms. The monoisotopic (exact) mass is 413 g/mol. The number of nitrogens with zero attached hydrogens (tertiary/aromatic N) is 2. The van der Waals surface area contributed by atoms with E-state index in [2.05, 4.69) is 25.5 Å². The molecule has 3 heterocycles. The van der Waals surface area contributed by atoms with Gasteiger partial charge in [-0.3, -0.25) is 14.9 Å². The minimum absolute atomic E-state index is 0.156. The molecule has 0 radical (unpaired) electrons. The second kappa shape index (κ2) is 7.36. The lowest BCUT2D eigenvalue weighted by Gasteiger charge is -2.13. The number of rotatable bonds is 4. The van der Waals surface area contributed by atoms with Gasteiger partial charge in [-0.05, 0) is 59.0 Å². The number of fused-ring (bicyclic) bond motifs is 2. The topological polar surface area (TPSA) is 86.5 Å². The molecule has 5 aromatic rings. The van der Waals surface area contributed by atoms with E-state index in [1.807, 2.05) is 44.2 Å². The summed E-state index contributed by atoms with van der Waals surface area (Å²) in [6.45, 7) is 4.05. The number of carbonyl (C=O) groups is 1. The quantitative estimate of drug-likeness (QED) is 0.357. The number of amides is 1. The fourth-order valence-electron chi connectivity index (χ4n) is 3.94. The van der Waals surface area contributed by atoms with Gasteiger partial charge in [-0.25, -0.2) is 4.39 Å². The molecular formula is C24H20FN5O. The summed E-state index contributed by atoms with van der Waals surface area (Å²) in [4.78, 5) is 20.5. The second-order valence-electron chi connectivity index (χ2n) is 7.80. The zero-order valence-electron chi connectivity index (χ0n) is 17.0. The highest BCUT2D eigenvalue weighted by molar-refractivity contribution is 6.10. The molecule has 0 spiro atoms. The number of benzene rings is 2. The Hall–Kier alpha value is -4.00. The van der Waals surface area contributed by atoms with Crippen LogP contribution in [0.4, 0.5) is 10.1 Å². The number of carbonyl (C=O) groups excluding carboxylic acids is 1. The fourth-order valence-corrected chi connectivity index (χ4v) is 3.94. The van der Waals surface area contributed by atoms with E-state index in [1.54, 1.807) is 18.6 Å². The maximum Gasteiger partial charge on any atom is 0.274 e. The Labute approximate surface area is 177 Å². The van der Waals surface area contributed by atoms with E-state index in [0.717, 1.165) is 33.0 Å². The van der Waals surface area contributed by atoms with Crippen LogP contribution in [-0.2, 0) is 0 Å². The van der Waals surface area contributed by atoms with Crippen molar-refractivity contribution < 1.29 is 9.18 Å². The van der Waals surface area contributed by atoms with Gasteiger partial charge in [0, 0.05) is 28.7 Å². The Bertz CT molecular complexity index is 1430. The van der Waals surface area contributed by atoms with E-state index in [9.17, 15) is 9.18 Å². The van der Waals surface area contributed by atoms with Gasteiger partial charge in [-0.15, -0.1) is 0 Å². The molecule has 31 heavy (non-hydrogen) atoms. The van der Waals surface area contributed by atoms with Crippen molar-refractivity contribution in [1.82, 2.24) is 20.2 Å². The second-order valence-corrected chi connectivity index (χ2v) is 7.80. The number of pyridine rings is 1. The van der Waals surface area contributed by atoms with Crippen LogP contribution in [-0.4, -0.2) is 26.1 Å². The predicted molar refractivity (Wildman–Crippen MR) is 120 cm³/mol. The Kier molecular flexibility index (Phi) is 4.51. The smallest absolute Gasteiger partial charge is 0.274 e. The molecule has 0 saturated carbocycles. The van der Waals surface area contributed by atoms with E-state index in [0.29, 0.717) is 16.9 Å². The largest absolute Gasteiger partial charge is 0.361 e. The van der Waals surface area contributed by atoms with Gasteiger partial charge in [0.05, 0.1) is 17.4 Å². The highest BCUT2D eigenvalue weighted by Crippen LogP contribution is 2.35. The van der Waals surface area contributed by atoms with Gasteiger partial charge in [-0.1, -0.05) is 19.9 Å². The summed E-state index contributed by atoms with van der Waals surface area (Å²) in [5.41, 5.74) is 4.79. The number of halogens is 1. The zero-order valence-corrected chi connectivity index (χ0v) is 17.0. The molecule has 7 heteroatoms. The lowest BCUT2D eigenvalue weighted by molar-refractivity contribution is 0.102. The molecule has 2 aromatic carbocycles. The molecule has 0 unspecified atom stereocenters. The standard InChI is InChI=1S/C24H20FN5O/c1-13(2)16-4-3-6-27-23(16)24(31)29-21-8-14(9-22-19(21)12-28-30-22)18-10-15(25)11-20-17(18)5-7-26-20/h3-13,26H,1-2H3,(H,28,30)(H,29,31). The Balaban J connectivity index is 1.63. The minimum Gasteiger partial charge on any atom is -0.361 e. The summed E-state index contributed by atoms with van der Waals surface area (Å²) in [5, 5.41) is 11.7. The van der Waals surface area contributed by atoms with Gasteiger partial charge < -0.3 is 10.3 Å². The van der Waals surface area contributed by atoms with E-state index in [-0.39, 0.29) is 17.6 Å². The number of aromatic nitrogens is 4. The van der Waals surface area contributed by atoms with Gasteiger partial charge in [0.25, 0.3) is 5.91 Å². The first-order valence-corrected chi connectivity index (χ1v) is 10.0. The first kappa shape index (κ1) is 19.0. The third-order valence-corrected chi connectivity index (χ3v) is 5.43. The first-order chi connectivity index (χ1) is 15.0. The van der Waals surface area contributed by atoms with E-state index in [1.165, 1.54) is 12.1 Å². The molecule has 0 atom stereocenters. The van der Waals surface area contributed by atoms with E-state index >= 15 is 0 Å². The number of nitrogens with one attached hydrogen (secondary N) is 3. The van der Waals surface area contributed by atoms with Crippen LogP contribution in [0.5, 0.6) is 0 Å². The summed E-state index contributed by atoms with van der Waals surface area (Å²) in [5.74, 6) is -0.478. The van der Waals surface area contributed by atoms with Crippen LogP contribution in [0.25, 0.3) is 32.9 Å². The van der Waals surface area contributed by atoms with Gasteiger partial charge >= 0.3 is 0 Å². The molecular weight excluding hydrogens is 393 g/mol. The van der Waals surface area contributed by atoms with Gasteiger partial charge in [0.15, 0.2) is 0 Å². The third-order valence-electron chi connectivity index (χ3n) is 5.43. The summed E-state index contributed by atoms with van der Waals surface area (Å²) in [6, 6.07) is 12.3. The summed E-state index contributed by atoms with van der Waals surface area (Å²) < 4.78 is 14.2. The first-order valence-electron chi connectivity index (χ1n) is 10.0. The summed E-state index contributed by atoms with van der Waals surface area (Å²) in [7, 11) is 0. The van der Waals surface area contributed by atoms with Crippen LogP contribution in [0.15, 0.2) is 61.1 Å². The van der Waals surface area contributed by atoms with Crippen LogP contribution in [0, 0.1) is 5.82 Å². The lowest BCUT2D eigenvalue weighted by Crippen LogP contribution is -2.16. The van der Waals surface area contributed by atoms with Crippen molar-refractivity contribution >= 4 is 33.4 Å². The SMILES string of the molecule is CC(C)c1cccnc1C(=O)Nc1cc(-c2cc(F)cc3[nH]ccc23)cc2[nH]ncc12. The number of H-pyrrole nitrogens is 2. The third kappa shape index (κ3) is 3.34. The molecule has 154 valence electrons. The molecule has 0 aliphatic heterocycles. The molecule has 0 fully saturated rings. The Morgan fingerprint density at radius 3 is 2.81 bits per heavy atom. The normalized spacial score (nSPS) is 11.5. The number of hydrogen-bond acceptors (Lipinski definition) is 3. The number of aromatic amines is 2. The highest BCUT2D eigenvalue weighted by Gasteiger charge is 2.18. The predicted octanol–water partition coefficient (Wildman–Crippen LogP) is 5.62. The van der Waals surface area contributed by atoms with E-state index < -0.39 is 0 Å². The Morgan fingerprint density at radius 2 is 1.97 bits per heavy atom. The molecule has 0 aliphatic carbocycles. The van der Waals surface area contributed by atoms with Crippen LogP contribution in [0.3, 0.4) is 0 Å². The maximum absolute atomic E-state index is 14.2. The van der Waals surface area contributed by atoms with Crippen molar-refractivity contribution in [2.24, 2.45) is 0 Å². The molecule has 6 nitrogen and oxygen atoms in total. The molecule has 5 rings (SSSR count). The summed E-state index contributed by atoms with van der Waals surface area (Å²) in [6.07, 6.45) is 5.05. The Morgan fingerprint density at radius 1 is 1.10 bits per heavy atom. The van der Waals surface area contributed by atoms with Gasteiger partial charge in [0.2, 0.25) is 0 Å². The van der Waals surface area contributed by atoms with Crippen LogP contribution < -0.4 is 5.32 Å². The van der Waals surface area contributed by atoms with Crippen molar-refractivity contribution in [2.75, 3.05) is 5.32 Å². The van der Waals surface area contributed by atoms with E-state index in [4.69, 9.17) is 0 Å². The number of hydrogen-bond donors (Lipinski definition) is 3. The average molecular weight is 413 g/mol. The van der Waals surface area contributed by atoms with Crippen molar-refractivity contribution in [2.45, 2.75) is 19.8 Å². The highest BCUT2D eigenvalue weighted by atomic mass is 19.1. The average Bonchev–Trinajstić information content (AvgIpc) is 3.42. The lowest BCUT2D eigenvalue weighted by atomic mass is 9.99. The molecule has 0 aliphatic rings. The van der Waals surface area contributed by atoms with Crippen LogP contribution >= 0.6 is 0 Å². The van der Waals surface area contributed by atoms with Gasteiger partial charge in [0.1, 0.15) is 11.5 Å². The maximum atomic E-state index is 14.2. The molecule has 3 aromatic heterocycles. The van der Waals surface area contributed by atoms with Crippen molar-refractivity contribution in [3.63, 3.8) is 0 Å². The van der Waals surface area contributed by atoms with Crippen molar-refractivity contribution in [3.8, 4) is 11.1 Å². The summed E-state index contributed by atoms with van der Waals surface area (Å²) >= 11 is 0. The minimum atomic E-state index is -0.338. The van der Waals surface area contributed by atoms with Crippen LogP contribution in [0.2, 0.25) is 0 Å². The molecule has 0 saturated heterocycles. The molecule has 1 amide bonds. The number of anilines is 1.